The van der Waals surface area contributed by atoms with E-state index in [0.717, 1.165) is 22.3 Å². The van der Waals surface area contributed by atoms with Gasteiger partial charge in [-0.25, -0.2) is 18.7 Å². The Balaban J connectivity index is 1.64. The maximum Gasteiger partial charge on any atom is 0.333 e. The van der Waals surface area contributed by atoms with Crippen molar-refractivity contribution in [3.63, 3.8) is 0 Å². The predicted molar refractivity (Wildman–Crippen MR) is 128 cm³/mol. The van der Waals surface area contributed by atoms with Crippen LogP contribution in [0.3, 0.4) is 0 Å². The zero-order valence-corrected chi connectivity index (χ0v) is 19.3. The molecule has 0 saturated carbocycles. The predicted octanol–water partition coefficient (Wildman–Crippen LogP) is 0.655. The van der Waals surface area contributed by atoms with Crippen molar-refractivity contribution < 1.29 is 18.7 Å². The van der Waals surface area contributed by atoms with Gasteiger partial charge in [0.25, 0.3) is 17.4 Å². The van der Waals surface area contributed by atoms with E-state index in [1.54, 1.807) is 4.57 Å². The summed E-state index contributed by atoms with van der Waals surface area (Å²) in [5, 5.41) is 0. The molecule has 2 amide bonds. The second kappa shape index (κ2) is 10.8. The lowest BCUT2D eigenvalue weighted by Crippen LogP contribution is -2.48. The van der Waals surface area contributed by atoms with Crippen molar-refractivity contribution in [2.24, 2.45) is 0 Å². The van der Waals surface area contributed by atoms with Crippen LogP contribution >= 0.6 is 0 Å². The van der Waals surface area contributed by atoms with Crippen molar-refractivity contribution >= 4 is 23.0 Å². The van der Waals surface area contributed by atoms with Crippen LogP contribution in [0.25, 0.3) is 11.2 Å². The van der Waals surface area contributed by atoms with Gasteiger partial charge in [-0.15, -0.1) is 0 Å². The Hall–Kier alpha value is -4.58. The van der Waals surface area contributed by atoms with Crippen molar-refractivity contribution in [1.29, 1.82) is 0 Å². The normalized spacial score (nSPS) is 10.9. The number of nitrogens with zero attached hydrogens (tertiary/aromatic N) is 4. The van der Waals surface area contributed by atoms with Gasteiger partial charge in [-0.3, -0.25) is 29.8 Å². The van der Waals surface area contributed by atoms with Crippen molar-refractivity contribution in [3.8, 4) is 0 Å². The summed E-state index contributed by atoms with van der Waals surface area (Å²) in [4.78, 5) is 55.6. The smallest absolute Gasteiger partial charge is 0.333 e. The van der Waals surface area contributed by atoms with Gasteiger partial charge in [-0.2, -0.15) is 0 Å². The van der Waals surface area contributed by atoms with Crippen LogP contribution in [0, 0.1) is 5.82 Å². The molecular formula is C24H23FN6O5. The highest BCUT2D eigenvalue weighted by atomic mass is 19.1. The standard InChI is InChI=1S/C24H23FN6O5/c1-36-12-11-29-15-26-21-20(29)23(34)31(24(35)30(21)13-16-5-3-2-4-6-16)14-19(32)27-28-22(33)17-7-9-18(25)10-8-17/h2-10,15H,11-14H2,1H3,(H,27,32)(H,28,33). The van der Waals surface area contributed by atoms with Crippen LogP contribution in [0.4, 0.5) is 4.39 Å². The molecule has 4 aromatic rings. The molecule has 0 spiro atoms. The van der Waals surface area contributed by atoms with Gasteiger partial charge in [-0.1, -0.05) is 30.3 Å². The van der Waals surface area contributed by atoms with E-state index in [2.05, 4.69) is 15.8 Å². The van der Waals surface area contributed by atoms with Crippen LogP contribution < -0.4 is 22.1 Å². The maximum atomic E-state index is 13.3. The molecular weight excluding hydrogens is 471 g/mol. The number of carbonyl (C=O) groups excluding carboxylic acids is 2. The Morgan fingerprint density at radius 3 is 2.42 bits per heavy atom. The number of nitrogens with one attached hydrogen (secondary N) is 2. The van der Waals surface area contributed by atoms with E-state index in [-0.39, 0.29) is 23.3 Å². The highest BCUT2D eigenvalue weighted by Gasteiger charge is 2.20. The summed E-state index contributed by atoms with van der Waals surface area (Å²) in [6, 6.07) is 13.8. The second-order valence-corrected chi connectivity index (χ2v) is 7.86. The fourth-order valence-electron chi connectivity index (χ4n) is 3.63. The van der Waals surface area contributed by atoms with Gasteiger partial charge in [0.2, 0.25) is 0 Å². The minimum Gasteiger partial charge on any atom is -0.383 e. The molecule has 2 N–H and O–H groups in total. The fraction of sp³-hybridized carbons (Fsp3) is 0.208. The van der Waals surface area contributed by atoms with E-state index in [4.69, 9.17) is 4.74 Å². The van der Waals surface area contributed by atoms with Gasteiger partial charge >= 0.3 is 5.69 Å². The number of hydrogen-bond donors (Lipinski definition) is 2. The van der Waals surface area contributed by atoms with Gasteiger partial charge in [-0.05, 0) is 29.8 Å². The summed E-state index contributed by atoms with van der Waals surface area (Å²) in [5.74, 6) is -2.01. The highest BCUT2D eigenvalue weighted by Crippen LogP contribution is 2.10. The number of carbonyl (C=O) groups is 2. The zero-order chi connectivity index (χ0) is 25.7. The summed E-state index contributed by atoms with van der Waals surface area (Å²) < 4.78 is 21.8. The van der Waals surface area contributed by atoms with Crippen molar-refractivity contribution in [2.75, 3.05) is 13.7 Å². The Morgan fingerprint density at radius 2 is 1.72 bits per heavy atom. The molecule has 11 nitrogen and oxygen atoms in total. The SMILES string of the molecule is COCCn1cnc2c1c(=O)n(CC(=O)NNC(=O)c1ccc(F)cc1)c(=O)n2Cc1ccccc1. The van der Waals surface area contributed by atoms with Crippen LogP contribution in [0.15, 0.2) is 70.5 Å². The van der Waals surface area contributed by atoms with Gasteiger partial charge in [0, 0.05) is 19.2 Å². The molecule has 0 aliphatic carbocycles. The first kappa shape index (κ1) is 24.5. The number of ether oxygens (including phenoxy) is 1. The summed E-state index contributed by atoms with van der Waals surface area (Å²) in [5.41, 5.74) is 4.17. The molecule has 0 fully saturated rings. The topological polar surface area (TPSA) is 129 Å². The third-order valence-electron chi connectivity index (χ3n) is 5.43. The summed E-state index contributed by atoms with van der Waals surface area (Å²) in [7, 11) is 1.52. The minimum absolute atomic E-state index is 0.113. The number of fused-ring (bicyclic) bond motifs is 1. The number of hydrazine groups is 1. The van der Waals surface area contributed by atoms with Gasteiger partial charge < -0.3 is 9.30 Å². The van der Waals surface area contributed by atoms with E-state index in [1.807, 2.05) is 30.3 Å². The van der Waals surface area contributed by atoms with Crippen molar-refractivity contribution in [1.82, 2.24) is 29.5 Å². The lowest BCUT2D eigenvalue weighted by Gasteiger charge is -2.13. The van der Waals surface area contributed by atoms with Crippen LogP contribution in [0.1, 0.15) is 15.9 Å². The highest BCUT2D eigenvalue weighted by molar-refractivity contribution is 5.95. The average Bonchev–Trinajstić information content (AvgIpc) is 3.31. The Morgan fingerprint density at radius 1 is 1.00 bits per heavy atom. The fourth-order valence-corrected chi connectivity index (χ4v) is 3.63. The quantitative estimate of drug-likeness (QED) is 0.346. The monoisotopic (exact) mass is 494 g/mol. The molecule has 0 saturated heterocycles. The molecule has 0 bridgehead atoms. The van der Waals surface area contributed by atoms with Crippen molar-refractivity contribution in [3.05, 3.63) is 98.7 Å². The summed E-state index contributed by atoms with van der Waals surface area (Å²) >= 11 is 0. The molecule has 12 heteroatoms. The average molecular weight is 494 g/mol. The van der Waals surface area contributed by atoms with Gasteiger partial charge in [0.1, 0.15) is 12.4 Å². The number of hydrogen-bond acceptors (Lipinski definition) is 6. The number of benzene rings is 2. The van der Waals surface area contributed by atoms with Gasteiger partial charge in [0.05, 0.1) is 19.5 Å². The number of amides is 2. The third-order valence-corrected chi connectivity index (χ3v) is 5.43. The lowest BCUT2D eigenvalue weighted by atomic mass is 10.2. The molecule has 186 valence electrons. The van der Waals surface area contributed by atoms with Crippen molar-refractivity contribution in [2.45, 2.75) is 19.6 Å². The minimum atomic E-state index is -0.807. The van der Waals surface area contributed by atoms with Crippen LogP contribution in [-0.4, -0.2) is 44.2 Å². The molecule has 0 atom stereocenters. The first-order valence-corrected chi connectivity index (χ1v) is 10.9. The van der Waals surface area contributed by atoms with E-state index < -0.39 is 35.4 Å². The number of imidazole rings is 1. The second-order valence-electron chi connectivity index (χ2n) is 7.86. The Kier molecular flexibility index (Phi) is 7.35. The van der Waals surface area contributed by atoms with Crippen LogP contribution in [0.2, 0.25) is 0 Å². The first-order valence-electron chi connectivity index (χ1n) is 10.9. The number of methoxy groups -OCH3 is 1. The Labute approximate surface area is 203 Å². The number of rotatable bonds is 8. The molecule has 2 aromatic carbocycles. The number of aromatic nitrogens is 4. The Bertz CT molecular complexity index is 1510. The largest absolute Gasteiger partial charge is 0.383 e. The summed E-state index contributed by atoms with van der Waals surface area (Å²) in [6.45, 7) is 0.0898. The number of halogens is 1. The van der Waals surface area contributed by atoms with E-state index in [9.17, 15) is 23.6 Å². The van der Waals surface area contributed by atoms with E-state index >= 15 is 0 Å². The zero-order valence-electron chi connectivity index (χ0n) is 19.3. The molecule has 0 unspecified atom stereocenters. The molecule has 0 aliphatic rings. The van der Waals surface area contributed by atoms with Crippen LogP contribution in [-0.2, 0) is 29.2 Å². The molecule has 2 aromatic heterocycles. The molecule has 4 rings (SSSR count). The molecule has 0 radical (unpaired) electrons. The lowest BCUT2D eigenvalue weighted by molar-refractivity contribution is -0.122. The van der Waals surface area contributed by atoms with E-state index in [0.29, 0.717) is 13.2 Å². The summed E-state index contributed by atoms with van der Waals surface area (Å²) in [6.07, 6.45) is 1.44. The van der Waals surface area contributed by atoms with Gasteiger partial charge in [0.15, 0.2) is 11.2 Å². The maximum absolute atomic E-state index is 13.3. The van der Waals surface area contributed by atoms with Crippen LogP contribution in [0.5, 0.6) is 0 Å². The first-order chi connectivity index (χ1) is 17.4. The molecule has 2 heterocycles. The molecule has 0 aliphatic heterocycles. The molecule has 36 heavy (non-hydrogen) atoms. The third kappa shape index (κ3) is 5.23. The van der Waals surface area contributed by atoms with E-state index in [1.165, 1.54) is 30.1 Å².